The summed E-state index contributed by atoms with van der Waals surface area (Å²) in [7, 11) is -6.00. The number of carbonyl (C=O) groups is 2. The minimum atomic E-state index is -6.00. The number of hydrogen-bond donors (Lipinski definition) is 0. The molecule has 0 atom stereocenters. The molecule has 0 aromatic rings. The maximum absolute atomic E-state index is 11.5. The highest BCUT2D eigenvalue weighted by Gasteiger charge is 2.36. The molecular weight excluding hydrogens is 373 g/mol. The number of aliphatic imine (C=N–C) groups is 2. The van der Waals surface area contributed by atoms with Gasteiger partial charge in [0.1, 0.15) is 4.58 Å². The van der Waals surface area contributed by atoms with E-state index in [2.05, 4.69) is 9.98 Å². The van der Waals surface area contributed by atoms with Gasteiger partial charge in [-0.1, -0.05) is 0 Å². The van der Waals surface area contributed by atoms with Crippen LogP contribution in [0.1, 0.15) is 64.2 Å². The Labute approximate surface area is 153 Å². The van der Waals surface area contributed by atoms with E-state index in [9.17, 15) is 26.9 Å². The van der Waals surface area contributed by atoms with Gasteiger partial charge in [0, 0.05) is 29.3 Å². The molecule has 12 heteroatoms. The van der Waals surface area contributed by atoms with Gasteiger partial charge in [-0.3, -0.25) is 9.59 Å². The van der Waals surface area contributed by atoms with Crippen LogP contribution in [0.3, 0.4) is 0 Å². The molecular formula is C15H20BF4N3O4. The van der Waals surface area contributed by atoms with Crippen LogP contribution in [0.25, 0.3) is 0 Å². The molecule has 2 aliphatic carbocycles. The molecule has 150 valence electrons. The van der Waals surface area contributed by atoms with Crippen molar-refractivity contribution in [2.75, 3.05) is 0 Å². The molecule has 3 fully saturated rings. The normalized spacial score (nSPS) is 19.8. The number of hydrogen-bond acceptors (Lipinski definition) is 3. The molecule has 0 bridgehead atoms. The van der Waals surface area contributed by atoms with Crippen LogP contribution in [-0.2, 0) is 14.6 Å². The van der Waals surface area contributed by atoms with Crippen LogP contribution >= 0.6 is 0 Å². The first-order chi connectivity index (χ1) is 12.7. The van der Waals surface area contributed by atoms with Crippen LogP contribution in [0, 0.1) is 0 Å². The van der Waals surface area contributed by atoms with E-state index in [1.165, 1.54) is 0 Å². The number of urea groups is 1. The van der Waals surface area contributed by atoms with E-state index in [1.54, 1.807) is 0 Å². The molecule has 3 rings (SSSR count). The smallest absolute Gasteiger partial charge is 0.418 e. The fourth-order valence-corrected chi connectivity index (χ4v) is 2.83. The number of amides is 4. The van der Waals surface area contributed by atoms with E-state index in [1.807, 2.05) is 0 Å². The molecule has 0 spiro atoms. The molecule has 0 N–H and O–H groups in total. The first-order valence-corrected chi connectivity index (χ1v) is 8.80. The minimum Gasteiger partial charge on any atom is -0.418 e. The summed E-state index contributed by atoms with van der Waals surface area (Å²) in [5.41, 5.74) is 2.06. The van der Waals surface area contributed by atoms with E-state index in [0.29, 0.717) is 5.06 Å². The van der Waals surface area contributed by atoms with Crippen molar-refractivity contribution in [2.24, 2.45) is 9.98 Å². The maximum atomic E-state index is 11.5. The Kier molecular flexibility index (Phi) is 7.49. The highest BCUT2D eigenvalue weighted by Crippen LogP contribution is 2.19. The third-order valence-corrected chi connectivity index (χ3v) is 4.06. The van der Waals surface area contributed by atoms with E-state index >= 15 is 0 Å². The van der Waals surface area contributed by atoms with Gasteiger partial charge in [0.15, 0.2) is 0 Å². The summed E-state index contributed by atoms with van der Waals surface area (Å²) in [6, 6.07) is 0.0984. The maximum Gasteiger partial charge on any atom is 0.673 e. The van der Waals surface area contributed by atoms with Crippen molar-refractivity contribution in [3.8, 4) is 0 Å². The van der Waals surface area contributed by atoms with Crippen molar-refractivity contribution in [1.29, 1.82) is 0 Å². The Morgan fingerprint density at radius 3 is 1.56 bits per heavy atom. The van der Waals surface area contributed by atoms with Crippen molar-refractivity contribution < 1.29 is 36.4 Å². The van der Waals surface area contributed by atoms with E-state index in [-0.39, 0.29) is 18.9 Å². The quantitative estimate of drug-likeness (QED) is 0.178. The van der Waals surface area contributed by atoms with Crippen molar-refractivity contribution in [3.05, 3.63) is 0 Å². The molecule has 0 radical (unpaired) electrons. The summed E-state index contributed by atoms with van der Waals surface area (Å²) < 4.78 is 44.1. The Morgan fingerprint density at radius 1 is 0.815 bits per heavy atom. The Bertz CT molecular complexity index is 598. The number of halogens is 4. The fourth-order valence-electron chi connectivity index (χ4n) is 2.83. The molecule has 7 nitrogen and oxygen atoms in total. The molecule has 1 saturated heterocycles. The van der Waals surface area contributed by atoms with Gasteiger partial charge in [-0.25, -0.2) is 0 Å². The van der Waals surface area contributed by atoms with Gasteiger partial charge in [-0.2, -0.15) is 0 Å². The first-order valence-electron chi connectivity index (χ1n) is 8.80. The molecule has 1 heterocycles. The summed E-state index contributed by atoms with van der Waals surface area (Å²) in [6.07, 6.45) is 8.50. The number of nitrogens with zero attached hydrogens (tertiary/aromatic N) is 3. The van der Waals surface area contributed by atoms with Gasteiger partial charge < -0.3 is 17.3 Å². The monoisotopic (exact) mass is 393 g/mol. The lowest BCUT2D eigenvalue weighted by atomic mass is 10.3. The summed E-state index contributed by atoms with van der Waals surface area (Å²) in [4.78, 5) is 36.7. The van der Waals surface area contributed by atoms with Crippen LogP contribution in [-0.4, -0.2) is 41.6 Å². The van der Waals surface area contributed by atoms with Gasteiger partial charge in [-0.15, -0.1) is 9.98 Å². The van der Waals surface area contributed by atoms with Crippen LogP contribution in [0.15, 0.2) is 9.98 Å². The molecule has 1 aliphatic heterocycles. The zero-order chi connectivity index (χ0) is 19.9. The number of imide groups is 1. The van der Waals surface area contributed by atoms with Crippen molar-refractivity contribution >= 4 is 36.5 Å². The Morgan fingerprint density at radius 2 is 1.19 bits per heavy atom. The molecule has 0 aromatic carbocycles. The predicted octanol–water partition coefficient (Wildman–Crippen LogP) is 3.97. The zero-order valence-corrected chi connectivity index (χ0v) is 14.6. The minimum absolute atomic E-state index is 0.0984. The average Bonchev–Trinajstić information content (AvgIpc) is 3.29. The van der Waals surface area contributed by atoms with E-state index < -0.39 is 19.1 Å². The van der Waals surface area contributed by atoms with Crippen LogP contribution in [0.4, 0.5) is 21.8 Å². The summed E-state index contributed by atoms with van der Waals surface area (Å²) in [6.45, 7) is 0. The lowest BCUT2D eigenvalue weighted by molar-refractivity contribution is -0.578. The topological polar surface area (TPSA) is 82.6 Å². The van der Waals surface area contributed by atoms with Crippen LogP contribution in [0.2, 0.25) is 0 Å². The summed E-state index contributed by atoms with van der Waals surface area (Å²) in [5, 5.41) is 0.656. The van der Waals surface area contributed by atoms with E-state index in [4.69, 9.17) is 9.56 Å². The lowest BCUT2D eigenvalue weighted by Crippen LogP contribution is -2.26. The highest BCUT2D eigenvalue weighted by molar-refractivity contribution is 6.50. The van der Waals surface area contributed by atoms with Crippen LogP contribution < -0.4 is 0 Å². The third-order valence-electron chi connectivity index (χ3n) is 4.06. The summed E-state index contributed by atoms with van der Waals surface area (Å²) >= 11 is 0. The van der Waals surface area contributed by atoms with Gasteiger partial charge in [-0.05, 0) is 56.4 Å². The molecule has 0 unspecified atom stereocenters. The van der Waals surface area contributed by atoms with Crippen molar-refractivity contribution in [3.63, 3.8) is 0 Å². The predicted molar refractivity (Wildman–Crippen MR) is 89.6 cm³/mol. The number of rotatable bonds is 2. The molecule has 0 aromatic heterocycles. The third kappa shape index (κ3) is 7.87. The SMILES string of the molecule is F[B-](F)(F)F.O=C1CCC(=O)N1O[O+]=C(N=C1CCCC1)N=C1CCCC1. The molecule has 2 saturated carbocycles. The molecule has 3 aliphatic rings. The second kappa shape index (κ2) is 9.61. The van der Waals surface area contributed by atoms with E-state index in [0.717, 1.165) is 62.8 Å². The zero-order valence-electron chi connectivity index (χ0n) is 14.6. The second-order valence-corrected chi connectivity index (χ2v) is 6.29. The molecule has 27 heavy (non-hydrogen) atoms. The summed E-state index contributed by atoms with van der Waals surface area (Å²) in [5.74, 6) is -0.794. The van der Waals surface area contributed by atoms with Crippen LogP contribution in [0.5, 0.6) is 0 Å². The number of hydroxylamine groups is 2. The van der Waals surface area contributed by atoms with Crippen molar-refractivity contribution in [2.45, 2.75) is 64.2 Å². The van der Waals surface area contributed by atoms with Gasteiger partial charge >= 0.3 is 13.3 Å². The fraction of sp³-hybridized carbons (Fsp3) is 0.667. The Balaban J connectivity index is 0.000000465. The standard InChI is InChI=1S/C15H20N3O4.BF4/c19-13-9-10-14(20)18(13)22-21-15(16-11-5-1-2-6-11)17-12-7-3-4-8-12;2-1(3,4)5/h1-10H2;/q+1;-1. The van der Waals surface area contributed by atoms with Gasteiger partial charge in [0.25, 0.3) is 11.8 Å². The van der Waals surface area contributed by atoms with Gasteiger partial charge in [0.05, 0.1) is 0 Å². The van der Waals surface area contributed by atoms with Gasteiger partial charge in [0.2, 0.25) is 0 Å². The van der Waals surface area contributed by atoms with Crippen molar-refractivity contribution in [1.82, 2.24) is 5.06 Å². The lowest BCUT2D eigenvalue weighted by Gasteiger charge is -1.98. The first kappa shape index (κ1) is 21.0. The average molecular weight is 393 g/mol. The molecule has 4 amide bonds. The highest BCUT2D eigenvalue weighted by atomic mass is 19.5. The second-order valence-electron chi connectivity index (χ2n) is 6.29. The Hall–Kier alpha value is -2.27. The number of carbonyl (C=O) groups excluding carboxylic acids is 3. The largest absolute Gasteiger partial charge is 0.673 e.